The number of nitrogens with one attached hydrogen (secondary N) is 1. The third-order valence-corrected chi connectivity index (χ3v) is 7.54. The summed E-state index contributed by atoms with van der Waals surface area (Å²) in [4.78, 5) is 4.19. The van der Waals surface area contributed by atoms with E-state index in [4.69, 9.17) is 11.6 Å². The highest BCUT2D eigenvalue weighted by Crippen LogP contribution is 2.31. The van der Waals surface area contributed by atoms with Crippen LogP contribution in [0.1, 0.15) is 17.5 Å². The SMILES string of the molecule is O=S(=O)(NC1CC2CN(Cc3cccc(Cl)c3)CCN2C1)c1cccc(C(F)(F)F)c1. The molecule has 2 aromatic carbocycles. The van der Waals surface area contributed by atoms with Gasteiger partial charge in [-0.1, -0.05) is 29.8 Å². The maximum atomic E-state index is 12.9. The van der Waals surface area contributed by atoms with Gasteiger partial charge in [-0.2, -0.15) is 13.2 Å². The summed E-state index contributed by atoms with van der Waals surface area (Å²) in [5.74, 6) is 0. The van der Waals surface area contributed by atoms with Gasteiger partial charge in [0.05, 0.1) is 10.5 Å². The number of sulfonamides is 1. The van der Waals surface area contributed by atoms with Crippen molar-refractivity contribution < 1.29 is 21.6 Å². The average Bonchev–Trinajstić information content (AvgIpc) is 3.08. The van der Waals surface area contributed by atoms with E-state index in [-0.39, 0.29) is 17.0 Å². The lowest BCUT2D eigenvalue weighted by molar-refractivity contribution is -0.137. The van der Waals surface area contributed by atoms with E-state index in [0.717, 1.165) is 43.9 Å². The Morgan fingerprint density at radius 2 is 1.84 bits per heavy atom. The van der Waals surface area contributed by atoms with Crippen LogP contribution in [0.25, 0.3) is 0 Å². The normalized spacial score (nSPS) is 23.1. The zero-order valence-electron chi connectivity index (χ0n) is 16.6. The fourth-order valence-electron chi connectivity index (χ4n) is 4.36. The molecule has 2 fully saturated rings. The first-order valence-electron chi connectivity index (χ1n) is 10.0. The van der Waals surface area contributed by atoms with Gasteiger partial charge in [-0.3, -0.25) is 9.80 Å². The molecule has 168 valence electrons. The Labute approximate surface area is 184 Å². The number of piperazine rings is 1. The van der Waals surface area contributed by atoms with E-state index in [1.165, 1.54) is 6.07 Å². The third kappa shape index (κ3) is 5.40. The second-order valence-corrected chi connectivity index (χ2v) is 10.2. The summed E-state index contributed by atoms with van der Waals surface area (Å²) < 4.78 is 66.8. The summed E-state index contributed by atoms with van der Waals surface area (Å²) in [5, 5.41) is 0.695. The van der Waals surface area contributed by atoms with Crippen molar-refractivity contribution in [1.82, 2.24) is 14.5 Å². The van der Waals surface area contributed by atoms with E-state index in [9.17, 15) is 21.6 Å². The van der Waals surface area contributed by atoms with Gasteiger partial charge in [0.2, 0.25) is 10.0 Å². The Balaban J connectivity index is 1.39. The molecule has 0 spiro atoms. The molecule has 0 aliphatic carbocycles. The van der Waals surface area contributed by atoms with Gasteiger partial charge in [0.25, 0.3) is 0 Å². The molecular weight excluding hydrogens is 451 g/mol. The number of halogens is 4. The molecule has 0 saturated carbocycles. The van der Waals surface area contributed by atoms with Gasteiger partial charge in [0.15, 0.2) is 0 Å². The predicted molar refractivity (Wildman–Crippen MR) is 112 cm³/mol. The minimum Gasteiger partial charge on any atom is -0.296 e. The molecule has 2 aliphatic rings. The van der Waals surface area contributed by atoms with Crippen LogP contribution in [0.2, 0.25) is 5.02 Å². The van der Waals surface area contributed by atoms with Crippen LogP contribution < -0.4 is 4.72 Å². The first kappa shape index (κ1) is 22.5. The van der Waals surface area contributed by atoms with Crippen LogP contribution in [-0.4, -0.2) is 56.5 Å². The largest absolute Gasteiger partial charge is 0.416 e. The summed E-state index contributed by atoms with van der Waals surface area (Å²) in [6.45, 7) is 3.79. The molecule has 10 heteroatoms. The van der Waals surface area contributed by atoms with E-state index in [0.29, 0.717) is 24.1 Å². The van der Waals surface area contributed by atoms with Crippen molar-refractivity contribution in [3.63, 3.8) is 0 Å². The molecule has 2 heterocycles. The average molecular weight is 474 g/mol. The quantitative estimate of drug-likeness (QED) is 0.721. The Kier molecular flexibility index (Phi) is 6.33. The van der Waals surface area contributed by atoms with Gasteiger partial charge in [-0.15, -0.1) is 0 Å². The molecule has 31 heavy (non-hydrogen) atoms. The molecule has 0 radical (unpaired) electrons. The number of hydrogen-bond acceptors (Lipinski definition) is 4. The first-order chi connectivity index (χ1) is 14.6. The molecule has 2 aromatic rings. The molecule has 1 N–H and O–H groups in total. The number of fused-ring (bicyclic) bond motifs is 1. The minimum atomic E-state index is -4.59. The molecular formula is C21H23ClF3N3O2S. The fourth-order valence-corrected chi connectivity index (χ4v) is 5.86. The highest BCUT2D eigenvalue weighted by atomic mass is 35.5. The lowest BCUT2D eigenvalue weighted by Crippen LogP contribution is -2.49. The zero-order chi connectivity index (χ0) is 22.2. The highest BCUT2D eigenvalue weighted by molar-refractivity contribution is 7.89. The summed E-state index contributed by atoms with van der Waals surface area (Å²) in [6, 6.07) is 11.4. The lowest BCUT2D eigenvalue weighted by atomic mass is 10.1. The van der Waals surface area contributed by atoms with Crippen molar-refractivity contribution in [3.8, 4) is 0 Å². The summed E-state index contributed by atoms with van der Waals surface area (Å²) >= 11 is 6.06. The van der Waals surface area contributed by atoms with Gasteiger partial charge in [0.1, 0.15) is 0 Å². The van der Waals surface area contributed by atoms with Crippen LogP contribution in [0.15, 0.2) is 53.4 Å². The maximum absolute atomic E-state index is 12.9. The van der Waals surface area contributed by atoms with Crippen molar-refractivity contribution in [2.45, 2.75) is 36.1 Å². The maximum Gasteiger partial charge on any atom is 0.416 e. The van der Waals surface area contributed by atoms with Gasteiger partial charge in [-0.05, 0) is 42.3 Å². The molecule has 2 saturated heterocycles. The second-order valence-electron chi connectivity index (χ2n) is 8.09. The Morgan fingerprint density at radius 3 is 2.58 bits per heavy atom. The van der Waals surface area contributed by atoms with Gasteiger partial charge in [-0.25, -0.2) is 13.1 Å². The predicted octanol–water partition coefficient (Wildman–Crippen LogP) is 3.60. The van der Waals surface area contributed by atoms with Crippen LogP contribution in [0.4, 0.5) is 13.2 Å². The van der Waals surface area contributed by atoms with E-state index in [1.54, 1.807) is 0 Å². The smallest absolute Gasteiger partial charge is 0.296 e. The minimum absolute atomic E-state index is 0.196. The Hall–Kier alpha value is -1.65. The van der Waals surface area contributed by atoms with Crippen LogP contribution in [0.3, 0.4) is 0 Å². The van der Waals surface area contributed by atoms with Crippen molar-refractivity contribution in [1.29, 1.82) is 0 Å². The van der Waals surface area contributed by atoms with Crippen molar-refractivity contribution in [2.75, 3.05) is 26.2 Å². The van der Waals surface area contributed by atoms with Crippen molar-refractivity contribution in [2.24, 2.45) is 0 Å². The molecule has 5 nitrogen and oxygen atoms in total. The van der Waals surface area contributed by atoms with Crippen molar-refractivity contribution in [3.05, 3.63) is 64.7 Å². The number of hydrogen-bond donors (Lipinski definition) is 1. The van der Waals surface area contributed by atoms with Crippen LogP contribution in [0, 0.1) is 0 Å². The van der Waals surface area contributed by atoms with E-state index in [1.807, 2.05) is 24.3 Å². The molecule has 0 bridgehead atoms. The molecule has 2 aliphatic heterocycles. The summed E-state index contributed by atoms with van der Waals surface area (Å²) in [6.07, 6.45) is -3.98. The van der Waals surface area contributed by atoms with Crippen molar-refractivity contribution >= 4 is 21.6 Å². The number of alkyl halides is 3. The first-order valence-corrected chi connectivity index (χ1v) is 11.9. The number of nitrogens with zero attached hydrogens (tertiary/aromatic N) is 2. The topological polar surface area (TPSA) is 52.7 Å². The molecule has 2 unspecified atom stereocenters. The number of benzene rings is 2. The number of rotatable bonds is 5. The van der Waals surface area contributed by atoms with E-state index < -0.39 is 21.8 Å². The zero-order valence-corrected chi connectivity index (χ0v) is 18.2. The second kappa shape index (κ2) is 8.71. The van der Waals surface area contributed by atoms with Gasteiger partial charge in [0, 0.05) is 49.8 Å². The summed E-state index contributed by atoms with van der Waals surface area (Å²) in [7, 11) is -4.04. The van der Waals surface area contributed by atoms with Gasteiger partial charge >= 0.3 is 6.18 Å². The van der Waals surface area contributed by atoms with Gasteiger partial charge < -0.3 is 0 Å². The monoisotopic (exact) mass is 473 g/mol. The van der Waals surface area contributed by atoms with Crippen LogP contribution in [0.5, 0.6) is 0 Å². The third-order valence-electron chi connectivity index (χ3n) is 5.79. The Morgan fingerprint density at radius 1 is 1.06 bits per heavy atom. The van der Waals surface area contributed by atoms with Crippen LogP contribution >= 0.6 is 11.6 Å². The summed E-state index contributed by atoms with van der Waals surface area (Å²) in [5.41, 5.74) is 0.150. The Bertz CT molecular complexity index is 1050. The lowest BCUT2D eigenvalue weighted by Gasteiger charge is -2.37. The highest BCUT2D eigenvalue weighted by Gasteiger charge is 2.38. The van der Waals surface area contributed by atoms with Crippen LogP contribution in [-0.2, 0) is 22.7 Å². The fraction of sp³-hybridized carbons (Fsp3) is 0.429. The molecule has 0 aromatic heterocycles. The molecule has 0 amide bonds. The standard InChI is InChI=1S/C21H23ClF3N3O2S/c22-17-5-1-3-15(9-17)12-27-7-8-28-13-18(11-19(28)14-27)26-31(29,30)20-6-2-4-16(10-20)21(23,24)25/h1-6,9-10,18-19,26H,7-8,11-14H2. The van der Waals surface area contributed by atoms with E-state index in [2.05, 4.69) is 14.5 Å². The molecule has 2 atom stereocenters. The molecule has 4 rings (SSSR count). The van der Waals surface area contributed by atoms with E-state index >= 15 is 0 Å².